The maximum Gasteiger partial charge on any atom is 0.288 e. The van der Waals surface area contributed by atoms with Gasteiger partial charge in [-0.1, -0.05) is 48.5 Å². The highest BCUT2D eigenvalue weighted by Gasteiger charge is 2.32. The number of rotatable bonds is 6. The lowest BCUT2D eigenvalue weighted by atomic mass is 10.0. The van der Waals surface area contributed by atoms with Crippen molar-refractivity contribution < 1.29 is 4.79 Å². The fourth-order valence-corrected chi connectivity index (χ4v) is 4.81. The lowest BCUT2D eigenvalue weighted by molar-refractivity contribution is 0.0957. The van der Waals surface area contributed by atoms with Crippen LogP contribution < -0.4 is 4.90 Å². The molecule has 0 spiro atoms. The Bertz CT molecular complexity index is 1140. The van der Waals surface area contributed by atoms with Crippen molar-refractivity contribution in [3.8, 4) is 5.69 Å². The summed E-state index contributed by atoms with van der Waals surface area (Å²) in [6.45, 7) is 2.83. The number of thiazole rings is 1. The molecule has 0 bridgehead atoms. The first-order valence-electron chi connectivity index (χ1n) is 10.9. The Morgan fingerprint density at radius 3 is 2.41 bits per heavy atom. The lowest BCUT2D eigenvalue weighted by Gasteiger charge is -2.37. The highest BCUT2D eigenvalue weighted by atomic mass is 32.1. The van der Waals surface area contributed by atoms with Crippen molar-refractivity contribution in [2.45, 2.75) is 25.4 Å². The number of carbonyl (C=O) groups is 1. The molecule has 0 N–H and O–H groups in total. The van der Waals surface area contributed by atoms with Crippen molar-refractivity contribution in [1.82, 2.24) is 19.7 Å². The first kappa shape index (κ1) is 20.6. The van der Waals surface area contributed by atoms with Crippen molar-refractivity contribution in [1.29, 1.82) is 0 Å². The van der Waals surface area contributed by atoms with Crippen LogP contribution in [-0.4, -0.2) is 44.7 Å². The molecule has 5 rings (SSSR count). The van der Waals surface area contributed by atoms with Crippen molar-refractivity contribution in [3.05, 3.63) is 95.1 Å². The van der Waals surface area contributed by atoms with Gasteiger partial charge in [-0.25, -0.2) is 9.67 Å². The standard InChI is InChI=1S/C25H25N5OS/c31-25(24-26-14-18-32-24)30(23-13-17-29(27-23)21-9-5-2-6-10-21)22-11-15-28(16-12-22)19-20-7-3-1-4-8-20/h1-10,13-14,17-18,22H,11-12,15-16,19H2. The predicted octanol–water partition coefficient (Wildman–Crippen LogP) is 4.64. The number of hydrogen-bond donors (Lipinski definition) is 0. The van der Waals surface area contributed by atoms with Gasteiger partial charge in [0.25, 0.3) is 5.91 Å². The predicted molar refractivity (Wildman–Crippen MR) is 127 cm³/mol. The molecular formula is C25H25N5OS. The van der Waals surface area contributed by atoms with Crippen LogP contribution in [0.25, 0.3) is 5.69 Å². The summed E-state index contributed by atoms with van der Waals surface area (Å²) in [4.78, 5) is 22.0. The SMILES string of the molecule is O=C(c1nccs1)N(c1ccn(-c2ccccc2)n1)C1CCN(Cc2ccccc2)CC1. The van der Waals surface area contributed by atoms with E-state index in [1.165, 1.54) is 16.9 Å². The molecule has 1 saturated heterocycles. The van der Waals surface area contributed by atoms with Crippen molar-refractivity contribution in [3.63, 3.8) is 0 Å². The van der Waals surface area contributed by atoms with Crippen LogP contribution in [0.15, 0.2) is 84.5 Å². The number of aromatic nitrogens is 3. The number of carbonyl (C=O) groups excluding carboxylic acids is 1. The molecule has 2 aromatic carbocycles. The van der Waals surface area contributed by atoms with Crippen LogP contribution >= 0.6 is 11.3 Å². The molecule has 1 fully saturated rings. The summed E-state index contributed by atoms with van der Waals surface area (Å²) in [5.74, 6) is 0.607. The van der Waals surface area contributed by atoms with E-state index in [-0.39, 0.29) is 11.9 Å². The van der Waals surface area contributed by atoms with Crippen LogP contribution in [0.3, 0.4) is 0 Å². The molecule has 7 heteroatoms. The van der Waals surface area contributed by atoms with Crippen LogP contribution in [0.2, 0.25) is 0 Å². The normalized spacial score (nSPS) is 15.0. The topological polar surface area (TPSA) is 54.3 Å². The molecule has 0 unspecified atom stereocenters. The molecule has 3 heterocycles. The molecule has 6 nitrogen and oxygen atoms in total. The molecule has 162 valence electrons. The van der Waals surface area contributed by atoms with Gasteiger partial charge in [0.1, 0.15) is 0 Å². The third kappa shape index (κ3) is 4.49. The van der Waals surface area contributed by atoms with Crippen LogP contribution in [0.1, 0.15) is 28.2 Å². The largest absolute Gasteiger partial charge is 0.299 e. The second-order valence-corrected chi connectivity index (χ2v) is 8.85. The number of hydrogen-bond acceptors (Lipinski definition) is 5. The molecule has 1 aliphatic heterocycles. The van der Waals surface area contributed by atoms with E-state index < -0.39 is 0 Å². The average Bonchev–Trinajstić information content (AvgIpc) is 3.55. The van der Waals surface area contributed by atoms with Gasteiger partial charge in [0.05, 0.1) is 5.69 Å². The Kier molecular flexibility index (Phi) is 6.09. The van der Waals surface area contributed by atoms with E-state index in [0.29, 0.717) is 10.8 Å². The Hall–Kier alpha value is -3.29. The molecule has 2 aromatic heterocycles. The summed E-state index contributed by atoms with van der Waals surface area (Å²) in [5, 5.41) is 7.11. The number of likely N-dealkylation sites (tertiary alicyclic amines) is 1. The summed E-state index contributed by atoms with van der Waals surface area (Å²) in [5.41, 5.74) is 2.29. The van der Waals surface area contributed by atoms with E-state index in [9.17, 15) is 4.79 Å². The van der Waals surface area contributed by atoms with E-state index in [2.05, 4.69) is 34.1 Å². The van der Waals surface area contributed by atoms with E-state index in [0.717, 1.165) is 38.2 Å². The van der Waals surface area contributed by atoms with Gasteiger partial charge < -0.3 is 0 Å². The fraction of sp³-hybridized carbons (Fsp3) is 0.240. The summed E-state index contributed by atoms with van der Waals surface area (Å²) in [6.07, 6.45) is 5.41. The number of amides is 1. The highest BCUT2D eigenvalue weighted by Crippen LogP contribution is 2.26. The van der Waals surface area contributed by atoms with E-state index in [1.54, 1.807) is 6.20 Å². The van der Waals surface area contributed by atoms with Gasteiger partial charge >= 0.3 is 0 Å². The maximum atomic E-state index is 13.4. The second-order valence-electron chi connectivity index (χ2n) is 7.96. The minimum absolute atomic E-state index is 0.0696. The molecule has 4 aromatic rings. The third-order valence-corrected chi connectivity index (χ3v) is 6.61. The number of nitrogens with zero attached hydrogens (tertiary/aromatic N) is 5. The summed E-state index contributed by atoms with van der Waals surface area (Å²) in [7, 11) is 0. The highest BCUT2D eigenvalue weighted by molar-refractivity contribution is 7.11. The zero-order chi connectivity index (χ0) is 21.8. The van der Waals surface area contributed by atoms with Gasteiger partial charge in [0.2, 0.25) is 0 Å². The third-order valence-electron chi connectivity index (χ3n) is 5.85. The molecule has 0 saturated carbocycles. The molecule has 0 atom stereocenters. The van der Waals surface area contributed by atoms with Gasteiger partial charge in [-0.3, -0.25) is 14.6 Å². The fourth-order valence-electron chi connectivity index (χ4n) is 4.23. The Labute approximate surface area is 191 Å². The van der Waals surface area contributed by atoms with Crippen LogP contribution in [-0.2, 0) is 6.54 Å². The lowest BCUT2D eigenvalue weighted by Crippen LogP contribution is -2.47. The number of para-hydroxylation sites is 1. The maximum absolute atomic E-state index is 13.4. The van der Waals surface area contributed by atoms with Crippen molar-refractivity contribution in [2.75, 3.05) is 18.0 Å². The minimum Gasteiger partial charge on any atom is -0.299 e. The van der Waals surface area contributed by atoms with Crippen LogP contribution in [0.5, 0.6) is 0 Å². The number of piperidine rings is 1. The molecule has 0 aliphatic carbocycles. The van der Waals surface area contributed by atoms with Gasteiger partial charge in [-0.2, -0.15) is 0 Å². The Morgan fingerprint density at radius 1 is 1.00 bits per heavy atom. The van der Waals surface area contributed by atoms with Crippen LogP contribution in [0.4, 0.5) is 5.82 Å². The van der Waals surface area contributed by atoms with Gasteiger partial charge in [0.15, 0.2) is 10.8 Å². The molecule has 1 aliphatic rings. The Morgan fingerprint density at radius 2 is 1.72 bits per heavy atom. The quantitative estimate of drug-likeness (QED) is 0.436. The van der Waals surface area contributed by atoms with Gasteiger partial charge in [-0.05, 0) is 30.5 Å². The van der Waals surface area contributed by atoms with Gasteiger partial charge in [0, 0.05) is 49.5 Å². The Balaban J connectivity index is 1.36. The first-order valence-corrected chi connectivity index (χ1v) is 11.8. The average molecular weight is 444 g/mol. The molecular weight excluding hydrogens is 418 g/mol. The molecule has 0 radical (unpaired) electrons. The summed E-state index contributed by atoms with van der Waals surface area (Å²) < 4.78 is 1.82. The number of anilines is 1. The molecule has 1 amide bonds. The minimum atomic E-state index is -0.0696. The van der Waals surface area contributed by atoms with E-state index in [4.69, 9.17) is 5.10 Å². The second kappa shape index (κ2) is 9.46. The summed E-state index contributed by atoms with van der Waals surface area (Å²) >= 11 is 1.38. The number of benzene rings is 2. The van der Waals surface area contributed by atoms with Crippen molar-refractivity contribution in [2.24, 2.45) is 0 Å². The first-order chi connectivity index (χ1) is 15.8. The smallest absolute Gasteiger partial charge is 0.288 e. The zero-order valence-corrected chi connectivity index (χ0v) is 18.6. The van der Waals surface area contributed by atoms with E-state index in [1.807, 2.05) is 63.6 Å². The van der Waals surface area contributed by atoms with Crippen LogP contribution in [0, 0.1) is 0 Å². The summed E-state index contributed by atoms with van der Waals surface area (Å²) in [6, 6.07) is 22.5. The van der Waals surface area contributed by atoms with Gasteiger partial charge in [-0.15, -0.1) is 16.4 Å². The van der Waals surface area contributed by atoms with E-state index >= 15 is 0 Å². The van der Waals surface area contributed by atoms with Crippen molar-refractivity contribution >= 4 is 23.1 Å². The monoisotopic (exact) mass is 443 g/mol. The molecule has 32 heavy (non-hydrogen) atoms. The zero-order valence-electron chi connectivity index (χ0n) is 17.7.